The highest BCUT2D eigenvalue weighted by Gasteiger charge is 2.26. The molecule has 0 aliphatic carbocycles. The molecule has 1 aliphatic rings. The maximum Gasteiger partial charge on any atom is 0.257 e. The first-order valence-electron chi connectivity index (χ1n) is 9.82. The number of amides is 1. The number of hydrogen-bond acceptors (Lipinski definition) is 4. The van der Waals surface area contributed by atoms with E-state index >= 15 is 0 Å². The van der Waals surface area contributed by atoms with Crippen LogP contribution < -0.4 is 9.46 Å². The zero-order valence-corrected chi connectivity index (χ0v) is 18.0. The van der Waals surface area contributed by atoms with E-state index in [0.717, 1.165) is 24.0 Å². The summed E-state index contributed by atoms with van der Waals surface area (Å²) in [4.78, 5) is 14.8. The van der Waals surface area contributed by atoms with Gasteiger partial charge in [-0.2, -0.15) is 0 Å². The van der Waals surface area contributed by atoms with E-state index in [2.05, 4.69) is 11.6 Å². The topological polar surface area (TPSA) is 75.7 Å². The van der Waals surface area contributed by atoms with Crippen molar-refractivity contribution >= 4 is 15.9 Å². The van der Waals surface area contributed by atoms with Gasteiger partial charge in [0.15, 0.2) is 0 Å². The number of piperidine rings is 1. The molecule has 7 heteroatoms. The molecule has 0 spiro atoms. The number of rotatable bonds is 6. The summed E-state index contributed by atoms with van der Waals surface area (Å²) in [5.41, 5.74) is 2.22. The quantitative estimate of drug-likeness (QED) is 0.784. The lowest BCUT2D eigenvalue weighted by Gasteiger charge is -2.30. The fourth-order valence-electron chi connectivity index (χ4n) is 3.49. The second-order valence-corrected chi connectivity index (χ2v) is 9.42. The number of methoxy groups -OCH3 is 1. The van der Waals surface area contributed by atoms with Gasteiger partial charge in [0.25, 0.3) is 5.91 Å². The van der Waals surface area contributed by atoms with Crippen molar-refractivity contribution in [3.63, 3.8) is 0 Å². The Hall–Kier alpha value is -2.38. The van der Waals surface area contributed by atoms with Crippen molar-refractivity contribution in [1.29, 1.82) is 0 Å². The number of carbonyl (C=O) groups excluding carboxylic acids is 1. The predicted octanol–water partition coefficient (Wildman–Crippen LogP) is 3.35. The van der Waals surface area contributed by atoms with Crippen LogP contribution in [-0.2, 0) is 16.6 Å². The van der Waals surface area contributed by atoms with E-state index in [1.54, 1.807) is 11.0 Å². The summed E-state index contributed by atoms with van der Waals surface area (Å²) in [5.74, 6) is 0.786. The summed E-state index contributed by atoms with van der Waals surface area (Å²) in [6, 6.07) is 12.1. The van der Waals surface area contributed by atoms with Crippen LogP contribution in [0.5, 0.6) is 5.75 Å². The second-order valence-electron chi connectivity index (χ2n) is 7.65. The normalized spacial score (nSPS) is 15.3. The Kier molecular flexibility index (Phi) is 6.59. The standard InChI is InChI=1S/C22H28N2O4S/c1-16-9-11-24(12-10-16)22(25)20-14-19(7-8-21(20)28-3)29(26,27)23-15-18-6-4-5-17(2)13-18/h4-8,13-14,16,23H,9-12,15H2,1-3H3. The van der Waals surface area contributed by atoms with Crippen molar-refractivity contribution in [1.82, 2.24) is 9.62 Å². The van der Waals surface area contributed by atoms with E-state index in [4.69, 9.17) is 4.74 Å². The lowest BCUT2D eigenvalue weighted by Crippen LogP contribution is -2.38. The minimum absolute atomic E-state index is 0.0553. The summed E-state index contributed by atoms with van der Waals surface area (Å²) in [6.07, 6.45) is 1.90. The maximum atomic E-state index is 13.0. The van der Waals surface area contributed by atoms with Gasteiger partial charge in [0, 0.05) is 19.6 Å². The van der Waals surface area contributed by atoms with Gasteiger partial charge in [-0.05, 0) is 49.4 Å². The Balaban J connectivity index is 1.82. The van der Waals surface area contributed by atoms with Crippen LogP contribution in [0.4, 0.5) is 0 Å². The highest BCUT2D eigenvalue weighted by Crippen LogP contribution is 2.26. The van der Waals surface area contributed by atoms with Crippen molar-refractivity contribution in [3.8, 4) is 5.75 Å². The summed E-state index contributed by atoms with van der Waals surface area (Å²) in [6.45, 7) is 5.66. The van der Waals surface area contributed by atoms with Crippen LogP contribution in [0.15, 0.2) is 47.4 Å². The van der Waals surface area contributed by atoms with E-state index < -0.39 is 10.0 Å². The largest absolute Gasteiger partial charge is 0.496 e. The van der Waals surface area contributed by atoms with Crippen molar-refractivity contribution in [3.05, 3.63) is 59.2 Å². The Morgan fingerprint density at radius 1 is 1.17 bits per heavy atom. The van der Waals surface area contributed by atoms with Gasteiger partial charge in [-0.15, -0.1) is 0 Å². The molecule has 1 aliphatic heterocycles. The highest BCUT2D eigenvalue weighted by atomic mass is 32.2. The summed E-state index contributed by atoms with van der Waals surface area (Å²) in [5, 5.41) is 0. The third-order valence-electron chi connectivity index (χ3n) is 5.33. The van der Waals surface area contributed by atoms with Crippen molar-refractivity contribution in [2.24, 2.45) is 5.92 Å². The molecular formula is C22H28N2O4S. The van der Waals surface area contributed by atoms with Gasteiger partial charge < -0.3 is 9.64 Å². The molecule has 6 nitrogen and oxygen atoms in total. The maximum absolute atomic E-state index is 13.0. The van der Waals surface area contributed by atoms with Crippen LogP contribution in [-0.4, -0.2) is 39.4 Å². The molecule has 3 rings (SSSR count). The number of sulfonamides is 1. The van der Waals surface area contributed by atoms with E-state index in [-0.39, 0.29) is 22.9 Å². The molecule has 1 fully saturated rings. The number of carbonyl (C=O) groups is 1. The Labute approximate surface area is 172 Å². The predicted molar refractivity (Wildman–Crippen MR) is 113 cm³/mol. The van der Waals surface area contributed by atoms with Crippen LogP contribution >= 0.6 is 0 Å². The molecule has 1 saturated heterocycles. The van der Waals surface area contributed by atoms with E-state index in [1.807, 2.05) is 31.2 Å². The molecule has 0 bridgehead atoms. The molecule has 0 atom stereocenters. The smallest absolute Gasteiger partial charge is 0.257 e. The Morgan fingerprint density at radius 2 is 1.90 bits per heavy atom. The van der Waals surface area contributed by atoms with Crippen LogP contribution in [0.2, 0.25) is 0 Å². The first-order chi connectivity index (χ1) is 13.8. The fraction of sp³-hybridized carbons (Fsp3) is 0.409. The van der Waals surface area contributed by atoms with Gasteiger partial charge in [0.2, 0.25) is 10.0 Å². The minimum atomic E-state index is -3.77. The van der Waals surface area contributed by atoms with Gasteiger partial charge in [-0.3, -0.25) is 4.79 Å². The van der Waals surface area contributed by atoms with Gasteiger partial charge in [-0.1, -0.05) is 36.8 Å². The molecule has 156 valence electrons. The first-order valence-corrected chi connectivity index (χ1v) is 11.3. The summed E-state index contributed by atoms with van der Waals surface area (Å²) < 4.78 is 33.6. The summed E-state index contributed by atoms with van der Waals surface area (Å²) >= 11 is 0. The average molecular weight is 417 g/mol. The van der Waals surface area contributed by atoms with E-state index in [9.17, 15) is 13.2 Å². The molecule has 0 radical (unpaired) electrons. The third kappa shape index (κ3) is 5.16. The lowest BCUT2D eigenvalue weighted by atomic mass is 9.98. The number of nitrogens with zero attached hydrogens (tertiary/aromatic N) is 1. The van der Waals surface area contributed by atoms with Gasteiger partial charge in [0.1, 0.15) is 5.75 Å². The SMILES string of the molecule is COc1ccc(S(=O)(=O)NCc2cccc(C)c2)cc1C(=O)N1CCC(C)CC1. The molecule has 2 aromatic carbocycles. The highest BCUT2D eigenvalue weighted by molar-refractivity contribution is 7.89. The Morgan fingerprint density at radius 3 is 2.55 bits per heavy atom. The van der Waals surface area contributed by atoms with Crippen molar-refractivity contribution in [2.45, 2.75) is 38.1 Å². The number of aryl methyl sites for hydroxylation is 1. The molecule has 1 heterocycles. The molecule has 0 unspecified atom stereocenters. The number of likely N-dealkylation sites (tertiary alicyclic amines) is 1. The van der Waals surface area contributed by atoms with E-state index in [1.165, 1.54) is 19.2 Å². The number of hydrogen-bond donors (Lipinski definition) is 1. The molecule has 1 N–H and O–H groups in total. The Bertz CT molecular complexity index is 980. The number of benzene rings is 2. The number of nitrogens with one attached hydrogen (secondary N) is 1. The van der Waals surface area contributed by atoms with Crippen molar-refractivity contribution < 1.29 is 17.9 Å². The molecular weight excluding hydrogens is 388 g/mol. The second kappa shape index (κ2) is 8.97. The molecule has 0 saturated carbocycles. The van der Waals surface area contributed by atoms with Crippen LogP contribution in [0.3, 0.4) is 0 Å². The van der Waals surface area contributed by atoms with Gasteiger partial charge in [-0.25, -0.2) is 13.1 Å². The lowest BCUT2D eigenvalue weighted by molar-refractivity contribution is 0.0693. The zero-order valence-electron chi connectivity index (χ0n) is 17.1. The van der Waals surface area contributed by atoms with Crippen LogP contribution in [0.25, 0.3) is 0 Å². The summed E-state index contributed by atoms with van der Waals surface area (Å²) in [7, 11) is -2.29. The molecule has 1 amide bonds. The van der Waals surface area contributed by atoms with E-state index in [0.29, 0.717) is 24.8 Å². The van der Waals surface area contributed by atoms with Crippen molar-refractivity contribution in [2.75, 3.05) is 20.2 Å². The zero-order chi connectivity index (χ0) is 21.0. The molecule has 2 aromatic rings. The fourth-order valence-corrected chi connectivity index (χ4v) is 4.53. The average Bonchev–Trinajstić information content (AvgIpc) is 2.72. The van der Waals surface area contributed by atoms with Crippen LogP contribution in [0, 0.1) is 12.8 Å². The minimum Gasteiger partial charge on any atom is -0.496 e. The monoisotopic (exact) mass is 416 g/mol. The third-order valence-corrected chi connectivity index (χ3v) is 6.73. The molecule has 29 heavy (non-hydrogen) atoms. The van der Waals surface area contributed by atoms with Crippen LogP contribution in [0.1, 0.15) is 41.3 Å². The van der Waals surface area contributed by atoms with Gasteiger partial charge >= 0.3 is 0 Å². The number of ether oxygens (including phenoxy) is 1. The van der Waals surface area contributed by atoms with Gasteiger partial charge in [0.05, 0.1) is 17.6 Å². The first kappa shape index (κ1) is 21.3. The molecule has 0 aromatic heterocycles.